The van der Waals surface area contributed by atoms with E-state index in [9.17, 15) is 0 Å². The van der Waals surface area contributed by atoms with E-state index in [2.05, 4.69) is 28.1 Å². The number of hydrogen-bond donors (Lipinski definition) is 0. The van der Waals surface area contributed by atoms with Gasteiger partial charge in [-0.25, -0.2) is 15.0 Å². The van der Waals surface area contributed by atoms with Gasteiger partial charge in [0.15, 0.2) is 0 Å². The molecule has 0 aliphatic carbocycles. The van der Waals surface area contributed by atoms with Crippen LogP contribution in [-0.4, -0.2) is 15.7 Å². The second-order valence-corrected chi connectivity index (χ2v) is 10.3. The van der Waals surface area contributed by atoms with Crippen LogP contribution in [0.1, 0.15) is 23.6 Å². The van der Waals surface area contributed by atoms with Gasteiger partial charge in [0.1, 0.15) is 0 Å². The van der Waals surface area contributed by atoms with Gasteiger partial charge in [-0.05, 0) is 47.5 Å². The van der Waals surface area contributed by atoms with Gasteiger partial charge in [-0.3, -0.25) is 0 Å². The first-order chi connectivity index (χ1) is 17.6. The highest BCUT2D eigenvalue weighted by atomic mass is 79.9. The molecule has 0 saturated carbocycles. The quantitative estimate of drug-likeness (QED) is 0.216. The van der Waals surface area contributed by atoms with Crippen LogP contribution in [0.25, 0.3) is 22.2 Å². The maximum Gasteiger partial charge on any atom is 0.247 e. The summed E-state index contributed by atoms with van der Waals surface area (Å²) in [7, 11) is 0. The molecule has 2 heterocycles. The van der Waals surface area contributed by atoms with E-state index in [1.54, 1.807) is 0 Å². The van der Waals surface area contributed by atoms with E-state index >= 15 is 0 Å². The molecule has 5 aromatic rings. The summed E-state index contributed by atoms with van der Waals surface area (Å²) in [5, 5.41) is 9.17. The highest BCUT2D eigenvalue weighted by Gasteiger charge is 2.33. The molecule has 0 radical (unpaired) electrons. The highest BCUT2D eigenvalue weighted by Crippen LogP contribution is 2.40. The van der Waals surface area contributed by atoms with Crippen molar-refractivity contribution in [2.75, 3.05) is 5.01 Å². The van der Waals surface area contributed by atoms with E-state index < -0.39 is 0 Å². The third kappa shape index (κ3) is 4.39. The molecule has 0 bridgehead atoms. The van der Waals surface area contributed by atoms with Crippen molar-refractivity contribution >= 4 is 61.7 Å². The van der Waals surface area contributed by atoms with Crippen LogP contribution in [0.3, 0.4) is 0 Å². The first-order valence-corrected chi connectivity index (χ1v) is 13.0. The van der Waals surface area contributed by atoms with Gasteiger partial charge in [-0.15, -0.1) is 0 Å². The highest BCUT2D eigenvalue weighted by molar-refractivity contribution is 9.10. The second-order valence-electron chi connectivity index (χ2n) is 8.54. The van der Waals surface area contributed by atoms with Crippen LogP contribution in [0.15, 0.2) is 107 Å². The van der Waals surface area contributed by atoms with Crippen molar-refractivity contribution in [3.8, 4) is 11.3 Å². The summed E-state index contributed by atoms with van der Waals surface area (Å²) in [6.45, 7) is 0. The normalized spacial score (nSPS) is 15.4. The molecule has 0 saturated heterocycles. The van der Waals surface area contributed by atoms with E-state index in [1.165, 1.54) is 0 Å². The minimum atomic E-state index is -0.147. The molecule has 6 rings (SSSR count). The van der Waals surface area contributed by atoms with E-state index in [-0.39, 0.29) is 6.04 Å². The fraction of sp³-hybridized carbons (Fsp3) is 0.0690. The van der Waals surface area contributed by atoms with Crippen molar-refractivity contribution in [3.63, 3.8) is 0 Å². The van der Waals surface area contributed by atoms with E-state index in [4.69, 9.17) is 38.3 Å². The Kier molecular flexibility index (Phi) is 6.22. The number of anilines is 1. The summed E-state index contributed by atoms with van der Waals surface area (Å²) in [4.78, 5) is 9.97. The fourth-order valence-corrected chi connectivity index (χ4v) is 5.20. The fourth-order valence-electron chi connectivity index (χ4n) is 4.51. The zero-order valence-corrected chi connectivity index (χ0v) is 22.0. The molecule has 0 fully saturated rings. The molecule has 7 heteroatoms. The van der Waals surface area contributed by atoms with Gasteiger partial charge in [-0.1, -0.05) is 99.8 Å². The summed E-state index contributed by atoms with van der Waals surface area (Å²) in [6, 6.07) is 31.7. The van der Waals surface area contributed by atoms with Crippen molar-refractivity contribution in [1.82, 2.24) is 9.97 Å². The summed E-state index contributed by atoms with van der Waals surface area (Å²) >= 11 is 16.6. The first-order valence-electron chi connectivity index (χ1n) is 11.5. The molecule has 1 unspecified atom stereocenters. The molecule has 1 atom stereocenters. The Labute approximate surface area is 227 Å². The Bertz CT molecular complexity index is 1600. The van der Waals surface area contributed by atoms with Gasteiger partial charge in [0, 0.05) is 31.9 Å². The van der Waals surface area contributed by atoms with E-state index in [1.807, 2.05) is 89.9 Å². The number of nitrogens with zero attached hydrogens (tertiary/aromatic N) is 4. The van der Waals surface area contributed by atoms with Crippen LogP contribution in [-0.2, 0) is 0 Å². The minimum Gasteiger partial charge on any atom is -0.223 e. The largest absolute Gasteiger partial charge is 0.247 e. The number of aromatic nitrogens is 2. The number of benzene rings is 4. The maximum absolute atomic E-state index is 6.67. The third-order valence-corrected chi connectivity index (χ3v) is 7.36. The Morgan fingerprint density at radius 1 is 0.778 bits per heavy atom. The summed E-state index contributed by atoms with van der Waals surface area (Å²) in [5.74, 6) is 0.515. The van der Waals surface area contributed by atoms with Crippen LogP contribution in [0.4, 0.5) is 5.95 Å². The predicted octanol–water partition coefficient (Wildman–Crippen LogP) is 8.72. The molecular formula is C29H19BrCl2N4. The zero-order valence-electron chi connectivity index (χ0n) is 18.9. The smallest absolute Gasteiger partial charge is 0.223 e. The monoisotopic (exact) mass is 572 g/mol. The molecule has 1 aliphatic heterocycles. The average molecular weight is 574 g/mol. The second kappa shape index (κ2) is 9.66. The van der Waals surface area contributed by atoms with Crippen LogP contribution in [0, 0.1) is 0 Å². The topological polar surface area (TPSA) is 41.4 Å². The van der Waals surface area contributed by atoms with E-state index in [0.29, 0.717) is 22.4 Å². The SMILES string of the molecule is Clc1ccc2nc(N3N=C(c4ccc(Br)cc4)CC3c3ccccc3Cl)nc(-c3ccccc3)c2c1. The molecule has 4 aromatic carbocycles. The van der Waals surface area contributed by atoms with Crippen LogP contribution in [0.5, 0.6) is 0 Å². The molecule has 36 heavy (non-hydrogen) atoms. The van der Waals surface area contributed by atoms with Crippen molar-refractivity contribution in [2.24, 2.45) is 5.10 Å². The van der Waals surface area contributed by atoms with Gasteiger partial charge in [0.05, 0.1) is 23.0 Å². The van der Waals surface area contributed by atoms with Gasteiger partial charge < -0.3 is 0 Å². The third-order valence-electron chi connectivity index (χ3n) is 6.25. The lowest BCUT2D eigenvalue weighted by Gasteiger charge is -2.23. The lowest BCUT2D eigenvalue weighted by atomic mass is 9.98. The Morgan fingerprint density at radius 2 is 1.53 bits per heavy atom. The molecule has 0 spiro atoms. The Morgan fingerprint density at radius 3 is 2.31 bits per heavy atom. The van der Waals surface area contributed by atoms with Crippen LogP contribution >= 0.6 is 39.1 Å². The van der Waals surface area contributed by atoms with Crippen molar-refractivity contribution in [2.45, 2.75) is 12.5 Å². The molecule has 176 valence electrons. The van der Waals surface area contributed by atoms with Crippen molar-refractivity contribution in [1.29, 1.82) is 0 Å². The lowest BCUT2D eigenvalue weighted by molar-refractivity contribution is 0.689. The number of hydrogen-bond acceptors (Lipinski definition) is 4. The van der Waals surface area contributed by atoms with Gasteiger partial charge in [0.2, 0.25) is 5.95 Å². The predicted molar refractivity (Wildman–Crippen MR) is 152 cm³/mol. The molecule has 4 nitrogen and oxygen atoms in total. The Balaban J connectivity index is 1.55. The standard InChI is InChI=1S/C29H19BrCl2N4/c30-20-12-10-18(11-13-20)26-17-27(22-8-4-5-9-24(22)32)36(35-26)29-33-25-15-14-21(31)16-23(25)28(34-29)19-6-2-1-3-7-19/h1-16,27H,17H2. The molecular weight excluding hydrogens is 555 g/mol. The zero-order chi connectivity index (χ0) is 24.6. The molecule has 0 N–H and O–H groups in total. The van der Waals surface area contributed by atoms with Crippen molar-refractivity contribution < 1.29 is 0 Å². The number of halogens is 3. The summed E-state index contributed by atoms with van der Waals surface area (Å²) < 4.78 is 1.02. The Hall–Kier alpha value is -3.25. The van der Waals surface area contributed by atoms with Crippen LogP contribution < -0.4 is 5.01 Å². The average Bonchev–Trinajstić information content (AvgIpc) is 3.34. The first kappa shape index (κ1) is 23.2. The van der Waals surface area contributed by atoms with Gasteiger partial charge in [-0.2, -0.15) is 5.10 Å². The molecule has 1 aromatic heterocycles. The van der Waals surface area contributed by atoms with Crippen molar-refractivity contribution in [3.05, 3.63) is 123 Å². The lowest BCUT2D eigenvalue weighted by Crippen LogP contribution is -2.21. The maximum atomic E-state index is 6.67. The van der Waals surface area contributed by atoms with Crippen LogP contribution in [0.2, 0.25) is 10.0 Å². The summed E-state index contributed by atoms with van der Waals surface area (Å²) in [6.07, 6.45) is 0.675. The van der Waals surface area contributed by atoms with E-state index in [0.717, 1.165) is 43.5 Å². The number of fused-ring (bicyclic) bond motifs is 1. The number of rotatable bonds is 4. The summed E-state index contributed by atoms with van der Waals surface area (Å²) in [5.41, 5.74) is 5.58. The molecule has 1 aliphatic rings. The minimum absolute atomic E-state index is 0.147. The number of hydrazone groups is 1. The van der Waals surface area contributed by atoms with Gasteiger partial charge >= 0.3 is 0 Å². The molecule has 0 amide bonds. The van der Waals surface area contributed by atoms with Gasteiger partial charge in [0.25, 0.3) is 0 Å².